The Morgan fingerprint density at radius 2 is 1.82 bits per heavy atom. The average Bonchev–Trinajstić information content (AvgIpc) is 2.49. The molecule has 22 heavy (non-hydrogen) atoms. The Hall–Kier alpha value is -2.62. The van der Waals surface area contributed by atoms with E-state index < -0.39 is 12.1 Å². The second-order valence-corrected chi connectivity index (χ2v) is 5.19. The van der Waals surface area contributed by atoms with Crippen molar-refractivity contribution in [3.05, 3.63) is 59.2 Å². The zero-order valence-corrected chi connectivity index (χ0v) is 12.9. The predicted octanol–water partition coefficient (Wildman–Crippen LogP) is 3.91. The zero-order valence-electron chi connectivity index (χ0n) is 12.9. The minimum Gasteiger partial charge on any atom is -0.479 e. The largest absolute Gasteiger partial charge is 0.479 e. The van der Waals surface area contributed by atoms with Crippen molar-refractivity contribution in [3.63, 3.8) is 0 Å². The number of aliphatic imine (C=N–C) groups is 1. The Morgan fingerprint density at radius 3 is 2.41 bits per heavy atom. The second kappa shape index (κ2) is 6.89. The molecule has 0 bridgehead atoms. The van der Waals surface area contributed by atoms with Gasteiger partial charge in [-0.2, -0.15) is 0 Å². The summed E-state index contributed by atoms with van der Waals surface area (Å²) in [6.45, 7) is 5.63. The Kier molecular flexibility index (Phi) is 4.94. The van der Waals surface area contributed by atoms with E-state index in [-0.39, 0.29) is 0 Å². The summed E-state index contributed by atoms with van der Waals surface area (Å²) in [5, 5.41) is 8.80. The molecule has 1 atom stereocenters. The van der Waals surface area contributed by atoms with E-state index in [0.717, 1.165) is 11.3 Å². The van der Waals surface area contributed by atoms with Gasteiger partial charge < -0.3 is 9.84 Å². The highest BCUT2D eigenvalue weighted by Gasteiger charge is 2.11. The molecule has 2 rings (SSSR count). The number of rotatable bonds is 5. The van der Waals surface area contributed by atoms with E-state index in [1.54, 1.807) is 18.3 Å². The van der Waals surface area contributed by atoms with E-state index in [1.165, 1.54) is 18.1 Å². The molecule has 0 radical (unpaired) electrons. The number of hydrogen-bond acceptors (Lipinski definition) is 3. The van der Waals surface area contributed by atoms with E-state index in [0.29, 0.717) is 5.75 Å². The van der Waals surface area contributed by atoms with Crippen molar-refractivity contribution in [2.75, 3.05) is 0 Å². The van der Waals surface area contributed by atoms with Crippen molar-refractivity contribution in [3.8, 4) is 5.75 Å². The van der Waals surface area contributed by atoms with E-state index in [9.17, 15) is 4.79 Å². The van der Waals surface area contributed by atoms with Gasteiger partial charge in [0.25, 0.3) is 0 Å². The van der Waals surface area contributed by atoms with Gasteiger partial charge in [-0.3, -0.25) is 4.99 Å². The Labute approximate surface area is 130 Å². The van der Waals surface area contributed by atoms with Gasteiger partial charge in [0, 0.05) is 6.21 Å². The molecule has 0 saturated carbocycles. The number of benzene rings is 2. The van der Waals surface area contributed by atoms with Gasteiger partial charge in [-0.25, -0.2) is 4.79 Å². The average molecular weight is 297 g/mol. The standard InChI is InChI=1S/C18H19NO3/c1-12-4-7-16(10-13(12)2)19-11-15-5-8-17(9-6-15)22-14(3)18(20)21/h4-11,14H,1-3H3,(H,20,21)/t14-/m1/s1. The van der Waals surface area contributed by atoms with Gasteiger partial charge in [-0.1, -0.05) is 6.07 Å². The van der Waals surface area contributed by atoms with E-state index in [1.807, 2.05) is 30.3 Å². The molecule has 0 spiro atoms. The third-order valence-corrected chi connectivity index (χ3v) is 3.39. The summed E-state index contributed by atoms with van der Waals surface area (Å²) in [6.07, 6.45) is 0.907. The van der Waals surface area contributed by atoms with E-state index in [4.69, 9.17) is 9.84 Å². The molecule has 0 aliphatic rings. The zero-order chi connectivity index (χ0) is 16.1. The number of nitrogens with zero attached hydrogens (tertiary/aromatic N) is 1. The van der Waals surface area contributed by atoms with Crippen molar-refractivity contribution < 1.29 is 14.6 Å². The lowest BCUT2D eigenvalue weighted by Gasteiger charge is -2.09. The number of hydrogen-bond donors (Lipinski definition) is 1. The molecule has 2 aromatic rings. The molecule has 0 aliphatic carbocycles. The monoisotopic (exact) mass is 297 g/mol. The maximum absolute atomic E-state index is 10.7. The summed E-state index contributed by atoms with van der Waals surface area (Å²) in [7, 11) is 0. The minimum atomic E-state index is -0.986. The molecule has 0 heterocycles. The maximum atomic E-state index is 10.7. The molecule has 0 saturated heterocycles. The van der Waals surface area contributed by atoms with Crippen LogP contribution in [0.25, 0.3) is 0 Å². The molecule has 4 heteroatoms. The van der Waals surface area contributed by atoms with Crippen LogP contribution in [0.15, 0.2) is 47.5 Å². The first-order valence-corrected chi connectivity index (χ1v) is 7.06. The number of ether oxygens (including phenoxy) is 1. The van der Waals surface area contributed by atoms with Crippen LogP contribution in [0.5, 0.6) is 5.75 Å². The summed E-state index contributed by atoms with van der Waals surface area (Å²) in [6, 6.07) is 13.2. The molecule has 0 fully saturated rings. The van der Waals surface area contributed by atoms with Gasteiger partial charge in [-0.05, 0) is 73.9 Å². The van der Waals surface area contributed by atoms with Crippen molar-refractivity contribution in [2.24, 2.45) is 4.99 Å². The fourth-order valence-electron chi connectivity index (χ4n) is 1.84. The van der Waals surface area contributed by atoms with Crippen LogP contribution in [-0.4, -0.2) is 23.4 Å². The lowest BCUT2D eigenvalue weighted by molar-refractivity contribution is -0.144. The number of carboxylic acid groups (broad SMARTS) is 1. The molecule has 4 nitrogen and oxygen atoms in total. The lowest BCUT2D eigenvalue weighted by atomic mass is 10.1. The number of aliphatic carboxylic acids is 1. The van der Waals surface area contributed by atoms with E-state index >= 15 is 0 Å². The summed E-state index contributed by atoms with van der Waals surface area (Å²) < 4.78 is 5.28. The van der Waals surface area contributed by atoms with Gasteiger partial charge in [0.1, 0.15) is 5.75 Å². The first-order chi connectivity index (χ1) is 10.5. The normalized spacial score (nSPS) is 12.3. The van der Waals surface area contributed by atoms with Crippen LogP contribution in [0.3, 0.4) is 0 Å². The molecular weight excluding hydrogens is 278 g/mol. The number of carbonyl (C=O) groups is 1. The molecule has 0 aromatic heterocycles. The molecule has 0 amide bonds. The van der Waals surface area contributed by atoms with Gasteiger partial charge in [-0.15, -0.1) is 0 Å². The van der Waals surface area contributed by atoms with E-state index in [2.05, 4.69) is 18.8 Å². The van der Waals surface area contributed by atoms with Crippen molar-refractivity contribution in [1.29, 1.82) is 0 Å². The molecule has 0 unspecified atom stereocenters. The molecule has 1 N–H and O–H groups in total. The highest BCUT2D eigenvalue weighted by molar-refractivity contribution is 5.82. The summed E-state index contributed by atoms with van der Waals surface area (Å²) >= 11 is 0. The van der Waals surface area contributed by atoms with Crippen molar-refractivity contribution >= 4 is 17.9 Å². The molecule has 2 aromatic carbocycles. The molecule has 0 aliphatic heterocycles. The Balaban J connectivity index is 2.05. The topological polar surface area (TPSA) is 58.9 Å². The van der Waals surface area contributed by atoms with Crippen LogP contribution < -0.4 is 4.74 Å². The fraction of sp³-hybridized carbons (Fsp3) is 0.222. The van der Waals surface area contributed by atoms with Crippen molar-refractivity contribution in [2.45, 2.75) is 26.9 Å². The third-order valence-electron chi connectivity index (χ3n) is 3.39. The quantitative estimate of drug-likeness (QED) is 0.851. The molecule has 114 valence electrons. The predicted molar refractivity (Wildman–Crippen MR) is 87.3 cm³/mol. The third kappa shape index (κ3) is 4.19. The second-order valence-electron chi connectivity index (χ2n) is 5.19. The van der Waals surface area contributed by atoms with Crippen molar-refractivity contribution in [1.82, 2.24) is 0 Å². The highest BCUT2D eigenvalue weighted by Crippen LogP contribution is 2.18. The SMILES string of the molecule is Cc1ccc(N=Cc2ccc(O[C@H](C)C(=O)O)cc2)cc1C. The summed E-state index contributed by atoms with van der Waals surface area (Å²) in [5.41, 5.74) is 4.28. The van der Waals surface area contributed by atoms with Crippen LogP contribution in [0.2, 0.25) is 0 Å². The Morgan fingerprint density at radius 1 is 1.14 bits per heavy atom. The first-order valence-electron chi connectivity index (χ1n) is 7.06. The summed E-state index contributed by atoms with van der Waals surface area (Å²) in [5.74, 6) is -0.460. The van der Waals surface area contributed by atoms with Crippen LogP contribution in [0, 0.1) is 13.8 Å². The smallest absolute Gasteiger partial charge is 0.344 e. The van der Waals surface area contributed by atoms with Gasteiger partial charge in [0.2, 0.25) is 0 Å². The fourth-order valence-corrected chi connectivity index (χ4v) is 1.84. The minimum absolute atomic E-state index is 0.526. The number of aryl methyl sites for hydroxylation is 2. The maximum Gasteiger partial charge on any atom is 0.344 e. The number of carboxylic acids is 1. The molecular formula is C18H19NO3. The summed E-state index contributed by atoms with van der Waals surface area (Å²) in [4.78, 5) is 15.2. The lowest BCUT2D eigenvalue weighted by Crippen LogP contribution is -2.22. The van der Waals surface area contributed by atoms with Crippen LogP contribution in [0.1, 0.15) is 23.6 Å². The first kappa shape index (κ1) is 15.8. The van der Waals surface area contributed by atoms with Crippen LogP contribution in [0.4, 0.5) is 5.69 Å². The van der Waals surface area contributed by atoms with Gasteiger partial charge >= 0.3 is 5.97 Å². The highest BCUT2D eigenvalue weighted by atomic mass is 16.5. The van der Waals surface area contributed by atoms with Gasteiger partial charge in [0.05, 0.1) is 5.69 Å². The van der Waals surface area contributed by atoms with Crippen LogP contribution >= 0.6 is 0 Å². The van der Waals surface area contributed by atoms with Crippen LogP contribution in [-0.2, 0) is 4.79 Å². The van der Waals surface area contributed by atoms with Gasteiger partial charge in [0.15, 0.2) is 6.10 Å². The Bertz CT molecular complexity index is 690.